The van der Waals surface area contributed by atoms with Crippen LogP contribution in [0.15, 0.2) is 41.6 Å². The normalized spacial score (nSPS) is 14.5. The second-order valence-electron chi connectivity index (χ2n) is 8.67. The highest BCUT2D eigenvalue weighted by Crippen LogP contribution is 2.42. The number of hydrogen-bond acceptors (Lipinski definition) is 10. The highest BCUT2D eigenvalue weighted by molar-refractivity contribution is 7.90. The van der Waals surface area contributed by atoms with Gasteiger partial charge < -0.3 is 14.5 Å². The average Bonchev–Trinajstić information content (AvgIpc) is 3.20. The van der Waals surface area contributed by atoms with E-state index in [1.54, 1.807) is 41.9 Å². The summed E-state index contributed by atoms with van der Waals surface area (Å²) in [5.41, 5.74) is 3.41. The van der Waals surface area contributed by atoms with Crippen molar-refractivity contribution in [2.24, 2.45) is 0 Å². The van der Waals surface area contributed by atoms with Gasteiger partial charge >= 0.3 is 0 Å². The first-order valence-electron chi connectivity index (χ1n) is 11.2. The third kappa shape index (κ3) is 4.58. The van der Waals surface area contributed by atoms with Crippen LogP contribution in [0.4, 0.5) is 11.8 Å². The number of benzene rings is 1. The molecule has 1 aromatic carbocycles. The van der Waals surface area contributed by atoms with Crippen LogP contribution < -0.4 is 9.80 Å². The topological polar surface area (TPSA) is 101 Å². The first kappa shape index (κ1) is 23.6. The number of anilines is 2. The van der Waals surface area contributed by atoms with Gasteiger partial charge in [-0.2, -0.15) is 0 Å². The maximum Gasteiger partial charge on any atom is 0.224 e. The van der Waals surface area contributed by atoms with E-state index in [2.05, 4.69) is 14.9 Å². The predicted molar refractivity (Wildman–Crippen MR) is 139 cm³/mol. The smallest absolute Gasteiger partial charge is 0.224 e. The minimum atomic E-state index is -3.32. The van der Waals surface area contributed by atoms with Gasteiger partial charge in [0.25, 0.3) is 0 Å². The van der Waals surface area contributed by atoms with E-state index in [0.717, 1.165) is 50.7 Å². The van der Waals surface area contributed by atoms with E-state index in [4.69, 9.17) is 14.7 Å². The van der Waals surface area contributed by atoms with E-state index in [9.17, 15) is 8.42 Å². The Morgan fingerprint density at radius 3 is 2.43 bits per heavy atom. The molecular formula is C24H26N6O3S2. The molecular weight excluding hydrogens is 484 g/mol. The summed E-state index contributed by atoms with van der Waals surface area (Å²) in [6, 6.07) is 7.06. The second kappa shape index (κ2) is 9.14. The molecule has 11 heteroatoms. The van der Waals surface area contributed by atoms with Crippen molar-refractivity contribution in [3.8, 4) is 21.8 Å². The first-order chi connectivity index (χ1) is 16.7. The van der Waals surface area contributed by atoms with E-state index in [1.807, 2.05) is 32.0 Å². The average molecular weight is 511 g/mol. The summed E-state index contributed by atoms with van der Waals surface area (Å²) in [6.45, 7) is 4.76. The van der Waals surface area contributed by atoms with Crippen molar-refractivity contribution in [1.82, 2.24) is 19.9 Å². The SMILES string of the molecule is Cc1c(-c2cccc(S(C)(=O)=O)c2)sc2c(N3CCOCC3)nc(-c3cnc(N(C)C)nc3)nc12. The van der Waals surface area contributed by atoms with E-state index in [0.29, 0.717) is 29.9 Å². The monoisotopic (exact) mass is 510 g/mol. The summed E-state index contributed by atoms with van der Waals surface area (Å²) in [5, 5.41) is 0. The molecule has 3 aromatic heterocycles. The van der Waals surface area contributed by atoms with Gasteiger partial charge in [0, 0.05) is 50.7 Å². The minimum Gasteiger partial charge on any atom is -0.378 e. The third-order valence-electron chi connectivity index (χ3n) is 5.88. The fourth-order valence-electron chi connectivity index (χ4n) is 4.00. The summed E-state index contributed by atoms with van der Waals surface area (Å²) in [7, 11) is 0.467. The van der Waals surface area contributed by atoms with Crippen molar-refractivity contribution in [2.75, 3.05) is 56.5 Å². The van der Waals surface area contributed by atoms with Crippen LogP contribution in [0, 0.1) is 6.92 Å². The van der Waals surface area contributed by atoms with Crippen LogP contribution in [0.1, 0.15) is 5.56 Å². The van der Waals surface area contributed by atoms with Crippen LogP contribution in [0.5, 0.6) is 0 Å². The van der Waals surface area contributed by atoms with Gasteiger partial charge in [0.15, 0.2) is 21.5 Å². The lowest BCUT2D eigenvalue weighted by Crippen LogP contribution is -2.36. The van der Waals surface area contributed by atoms with Crippen LogP contribution in [0.25, 0.3) is 32.0 Å². The molecule has 35 heavy (non-hydrogen) atoms. The molecule has 1 aliphatic rings. The van der Waals surface area contributed by atoms with Crippen LogP contribution in [0.3, 0.4) is 0 Å². The number of aromatic nitrogens is 4. The Morgan fingerprint density at radius 1 is 1.06 bits per heavy atom. The summed E-state index contributed by atoms with van der Waals surface area (Å²) >= 11 is 1.59. The molecule has 1 fully saturated rings. The van der Waals surface area contributed by atoms with Crippen LogP contribution in [-0.2, 0) is 14.6 Å². The molecule has 0 unspecified atom stereocenters. The number of morpholine rings is 1. The van der Waals surface area contributed by atoms with Gasteiger partial charge in [-0.3, -0.25) is 0 Å². The highest BCUT2D eigenvalue weighted by Gasteiger charge is 2.23. The Balaban J connectivity index is 1.70. The van der Waals surface area contributed by atoms with Crippen molar-refractivity contribution < 1.29 is 13.2 Å². The Bertz CT molecular complexity index is 1490. The highest BCUT2D eigenvalue weighted by atomic mass is 32.2. The molecule has 0 atom stereocenters. The lowest BCUT2D eigenvalue weighted by Gasteiger charge is -2.28. The molecule has 0 N–H and O–H groups in total. The fraction of sp³-hybridized carbons (Fsp3) is 0.333. The quantitative estimate of drug-likeness (QED) is 0.400. The zero-order valence-electron chi connectivity index (χ0n) is 20.0. The molecule has 182 valence electrons. The van der Waals surface area contributed by atoms with E-state index in [1.165, 1.54) is 6.26 Å². The summed E-state index contributed by atoms with van der Waals surface area (Å²) in [4.78, 5) is 24.1. The lowest BCUT2D eigenvalue weighted by atomic mass is 10.1. The van der Waals surface area contributed by atoms with E-state index in [-0.39, 0.29) is 0 Å². The zero-order valence-corrected chi connectivity index (χ0v) is 21.7. The van der Waals surface area contributed by atoms with Gasteiger partial charge in [0.05, 0.1) is 33.9 Å². The molecule has 1 saturated heterocycles. The molecule has 0 bridgehead atoms. The van der Waals surface area contributed by atoms with Gasteiger partial charge in [-0.05, 0) is 30.2 Å². The van der Waals surface area contributed by atoms with Crippen molar-refractivity contribution in [2.45, 2.75) is 11.8 Å². The number of nitrogens with zero attached hydrogens (tertiary/aromatic N) is 6. The molecule has 4 heterocycles. The maximum atomic E-state index is 12.1. The summed E-state index contributed by atoms with van der Waals surface area (Å²) < 4.78 is 30.8. The number of rotatable bonds is 5. The molecule has 9 nitrogen and oxygen atoms in total. The fourth-order valence-corrected chi connectivity index (χ4v) is 5.93. The Kier molecular flexibility index (Phi) is 6.16. The molecule has 0 amide bonds. The van der Waals surface area contributed by atoms with Crippen molar-refractivity contribution >= 4 is 43.2 Å². The maximum absolute atomic E-state index is 12.1. The number of fused-ring (bicyclic) bond motifs is 1. The van der Waals surface area contributed by atoms with Gasteiger partial charge in [-0.15, -0.1) is 11.3 Å². The second-order valence-corrected chi connectivity index (χ2v) is 11.7. The van der Waals surface area contributed by atoms with Crippen molar-refractivity contribution in [1.29, 1.82) is 0 Å². The van der Waals surface area contributed by atoms with Crippen LogP contribution in [0.2, 0.25) is 0 Å². The number of thiophene rings is 1. The largest absolute Gasteiger partial charge is 0.378 e. The first-order valence-corrected chi connectivity index (χ1v) is 13.9. The van der Waals surface area contributed by atoms with Gasteiger partial charge in [-0.25, -0.2) is 28.4 Å². The standard InChI is InChI=1S/C24H26N6O3S2/c1-15-19-21(34-20(15)16-6-5-7-18(12-16)35(4,31)32)23(30-8-10-33-11-9-30)28-22(27-19)17-13-25-24(26-14-17)29(2)3/h5-7,12-14H,8-11H2,1-4H3. The Hall–Kier alpha value is -3.15. The van der Waals surface area contributed by atoms with Crippen LogP contribution >= 0.6 is 11.3 Å². The molecule has 0 aliphatic carbocycles. The zero-order chi connectivity index (χ0) is 24.7. The number of sulfone groups is 1. The predicted octanol–water partition coefficient (Wildman–Crippen LogP) is 3.43. The number of aryl methyl sites for hydroxylation is 1. The molecule has 0 radical (unpaired) electrons. The van der Waals surface area contributed by atoms with Gasteiger partial charge in [-0.1, -0.05) is 12.1 Å². The molecule has 1 aliphatic heterocycles. The van der Waals surface area contributed by atoms with Crippen molar-refractivity contribution in [3.63, 3.8) is 0 Å². The summed E-state index contributed by atoms with van der Waals surface area (Å²) in [6.07, 6.45) is 4.71. The van der Waals surface area contributed by atoms with E-state index < -0.39 is 9.84 Å². The van der Waals surface area contributed by atoms with Gasteiger partial charge in [0.2, 0.25) is 5.95 Å². The number of ether oxygens (including phenoxy) is 1. The minimum absolute atomic E-state index is 0.296. The van der Waals surface area contributed by atoms with Gasteiger partial charge in [0.1, 0.15) is 0 Å². The number of hydrogen-bond donors (Lipinski definition) is 0. The summed E-state index contributed by atoms with van der Waals surface area (Å²) in [5.74, 6) is 2.02. The Morgan fingerprint density at radius 2 is 1.77 bits per heavy atom. The third-order valence-corrected chi connectivity index (χ3v) is 8.32. The molecule has 4 aromatic rings. The molecule has 5 rings (SSSR count). The van der Waals surface area contributed by atoms with Crippen molar-refractivity contribution in [3.05, 3.63) is 42.2 Å². The van der Waals surface area contributed by atoms with Crippen LogP contribution in [-0.4, -0.2) is 75.0 Å². The molecule has 0 spiro atoms. The lowest BCUT2D eigenvalue weighted by molar-refractivity contribution is 0.122. The molecule has 0 saturated carbocycles. The van der Waals surface area contributed by atoms with E-state index >= 15 is 0 Å². The Labute approximate surface area is 208 Å².